The molecule has 3 aromatic rings. The second kappa shape index (κ2) is 11.9. The zero-order valence-corrected chi connectivity index (χ0v) is 22.4. The van der Waals surface area contributed by atoms with E-state index in [4.69, 9.17) is 9.97 Å². The van der Waals surface area contributed by atoms with Crippen LogP contribution in [0.15, 0.2) is 48.5 Å². The van der Waals surface area contributed by atoms with Gasteiger partial charge in [-0.1, -0.05) is 37.1 Å². The lowest BCUT2D eigenvalue weighted by molar-refractivity contribution is 0.0651. The summed E-state index contributed by atoms with van der Waals surface area (Å²) < 4.78 is 0. The molecule has 0 unspecified atom stereocenters. The molecular formula is C30H38N6O2. The topological polar surface area (TPSA) is 90.5 Å². The van der Waals surface area contributed by atoms with Crippen LogP contribution in [-0.2, 0) is 0 Å². The van der Waals surface area contributed by atoms with Gasteiger partial charge >= 0.3 is 0 Å². The number of benzene rings is 2. The van der Waals surface area contributed by atoms with Crippen LogP contribution in [0, 0.1) is 0 Å². The normalized spacial score (nSPS) is 19.2. The molecule has 1 saturated carbocycles. The number of fused-ring (bicyclic) bond motifs is 2. The number of para-hydroxylation sites is 1. The van der Waals surface area contributed by atoms with Crippen molar-refractivity contribution >= 4 is 34.5 Å². The Labute approximate surface area is 224 Å². The number of imide groups is 1. The van der Waals surface area contributed by atoms with E-state index in [-0.39, 0.29) is 11.8 Å². The first-order chi connectivity index (χ1) is 18.5. The Hall–Kier alpha value is -3.52. The van der Waals surface area contributed by atoms with Crippen LogP contribution in [0.25, 0.3) is 10.9 Å². The van der Waals surface area contributed by atoms with Crippen LogP contribution >= 0.6 is 0 Å². The summed E-state index contributed by atoms with van der Waals surface area (Å²) in [5, 5.41) is 8.38. The number of aromatic nitrogens is 2. The summed E-state index contributed by atoms with van der Waals surface area (Å²) in [7, 11) is 4.04. The Morgan fingerprint density at radius 1 is 0.816 bits per heavy atom. The van der Waals surface area contributed by atoms with Crippen molar-refractivity contribution in [2.24, 2.45) is 0 Å². The zero-order chi connectivity index (χ0) is 26.5. The third kappa shape index (κ3) is 5.80. The van der Waals surface area contributed by atoms with E-state index in [0.29, 0.717) is 35.7 Å². The van der Waals surface area contributed by atoms with Gasteiger partial charge in [0.05, 0.1) is 16.6 Å². The van der Waals surface area contributed by atoms with Crippen molar-refractivity contribution in [2.75, 3.05) is 37.4 Å². The quantitative estimate of drug-likeness (QED) is 0.279. The Morgan fingerprint density at radius 2 is 1.45 bits per heavy atom. The molecule has 0 atom stereocenters. The molecule has 0 saturated heterocycles. The van der Waals surface area contributed by atoms with Gasteiger partial charge in [-0.05, 0) is 69.3 Å². The summed E-state index contributed by atoms with van der Waals surface area (Å²) in [6, 6.07) is 16.2. The van der Waals surface area contributed by atoms with Crippen molar-refractivity contribution in [1.82, 2.24) is 20.2 Å². The molecule has 1 fully saturated rings. The smallest absolute Gasteiger partial charge is 0.261 e. The SMILES string of the molecule is CN(C)c1nc(NC2CCC(NCCCCCCN3C(=O)c4ccccc4C3=O)CC2)nc2ccccc12. The second-order valence-corrected chi connectivity index (χ2v) is 10.7. The molecule has 0 spiro atoms. The average molecular weight is 515 g/mol. The molecule has 2 N–H and O–H groups in total. The predicted octanol–water partition coefficient (Wildman–Crippen LogP) is 4.87. The van der Waals surface area contributed by atoms with Crippen LogP contribution in [-0.4, -0.2) is 66.0 Å². The average Bonchev–Trinajstić information content (AvgIpc) is 3.17. The highest BCUT2D eigenvalue weighted by Gasteiger charge is 2.34. The number of carbonyl (C=O) groups is 2. The molecule has 0 radical (unpaired) electrons. The molecule has 5 rings (SSSR count). The number of anilines is 2. The van der Waals surface area contributed by atoms with Crippen molar-refractivity contribution in [1.29, 1.82) is 0 Å². The van der Waals surface area contributed by atoms with Gasteiger partial charge in [0.15, 0.2) is 0 Å². The molecule has 2 heterocycles. The molecule has 1 aromatic heterocycles. The lowest BCUT2D eigenvalue weighted by Gasteiger charge is -2.30. The number of hydrogen-bond donors (Lipinski definition) is 2. The van der Waals surface area contributed by atoms with Crippen LogP contribution < -0.4 is 15.5 Å². The van der Waals surface area contributed by atoms with Gasteiger partial charge in [0.25, 0.3) is 11.8 Å². The molecule has 38 heavy (non-hydrogen) atoms. The van der Waals surface area contributed by atoms with Crippen LogP contribution in [0.1, 0.15) is 72.1 Å². The number of carbonyl (C=O) groups excluding carboxylic acids is 2. The second-order valence-electron chi connectivity index (χ2n) is 10.7. The molecule has 2 amide bonds. The first kappa shape index (κ1) is 26.1. The van der Waals surface area contributed by atoms with Gasteiger partial charge in [-0.2, -0.15) is 4.98 Å². The van der Waals surface area contributed by atoms with Crippen LogP contribution in [0.2, 0.25) is 0 Å². The minimum Gasteiger partial charge on any atom is -0.362 e. The Bertz CT molecular complexity index is 1250. The fourth-order valence-corrected chi connectivity index (χ4v) is 5.59. The Kier molecular flexibility index (Phi) is 8.17. The highest BCUT2D eigenvalue weighted by atomic mass is 16.2. The third-order valence-electron chi connectivity index (χ3n) is 7.69. The molecule has 8 nitrogen and oxygen atoms in total. The largest absolute Gasteiger partial charge is 0.362 e. The fourth-order valence-electron chi connectivity index (χ4n) is 5.59. The van der Waals surface area contributed by atoms with Crippen LogP contribution in [0.3, 0.4) is 0 Å². The van der Waals surface area contributed by atoms with Gasteiger partial charge in [-0.15, -0.1) is 0 Å². The van der Waals surface area contributed by atoms with E-state index in [2.05, 4.69) is 16.7 Å². The lowest BCUT2D eigenvalue weighted by atomic mass is 9.91. The fraction of sp³-hybridized carbons (Fsp3) is 0.467. The maximum Gasteiger partial charge on any atom is 0.261 e. The number of rotatable bonds is 11. The molecule has 8 heteroatoms. The summed E-state index contributed by atoms with van der Waals surface area (Å²) in [5.74, 6) is 1.35. The van der Waals surface area contributed by atoms with E-state index >= 15 is 0 Å². The van der Waals surface area contributed by atoms with E-state index < -0.39 is 0 Å². The number of amides is 2. The van der Waals surface area contributed by atoms with E-state index in [0.717, 1.165) is 74.6 Å². The van der Waals surface area contributed by atoms with E-state index in [9.17, 15) is 9.59 Å². The Morgan fingerprint density at radius 3 is 2.16 bits per heavy atom. The van der Waals surface area contributed by atoms with Gasteiger partial charge in [0.2, 0.25) is 5.95 Å². The maximum atomic E-state index is 12.4. The lowest BCUT2D eigenvalue weighted by Crippen LogP contribution is -2.37. The van der Waals surface area contributed by atoms with Gasteiger partial charge in [-0.25, -0.2) is 4.98 Å². The summed E-state index contributed by atoms with van der Waals surface area (Å²) >= 11 is 0. The molecule has 1 aliphatic heterocycles. The van der Waals surface area contributed by atoms with Gasteiger partial charge in [0, 0.05) is 38.1 Å². The predicted molar refractivity (Wildman–Crippen MR) is 152 cm³/mol. The number of hydrogen-bond acceptors (Lipinski definition) is 7. The molecule has 0 bridgehead atoms. The van der Waals surface area contributed by atoms with Gasteiger partial charge in [-0.3, -0.25) is 14.5 Å². The summed E-state index contributed by atoms with van der Waals surface area (Å²) in [6.45, 7) is 1.52. The Balaban J connectivity index is 0.978. The van der Waals surface area contributed by atoms with Gasteiger partial charge in [0.1, 0.15) is 5.82 Å². The highest BCUT2D eigenvalue weighted by Crippen LogP contribution is 2.27. The van der Waals surface area contributed by atoms with Crippen molar-refractivity contribution in [3.05, 3.63) is 59.7 Å². The van der Waals surface area contributed by atoms with Gasteiger partial charge < -0.3 is 15.5 Å². The maximum absolute atomic E-state index is 12.4. The molecular weight excluding hydrogens is 476 g/mol. The summed E-state index contributed by atoms with van der Waals surface area (Å²) in [4.78, 5) is 37.9. The third-order valence-corrected chi connectivity index (χ3v) is 7.69. The van der Waals surface area contributed by atoms with E-state index in [1.54, 1.807) is 12.1 Å². The minimum atomic E-state index is -0.150. The van der Waals surface area contributed by atoms with Crippen molar-refractivity contribution in [2.45, 2.75) is 63.5 Å². The molecule has 2 aromatic carbocycles. The first-order valence-electron chi connectivity index (χ1n) is 13.9. The monoisotopic (exact) mass is 514 g/mol. The number of nitrogens with zero attached hydrogens (tertiary/aromatic N) is 4. The van der Waals surface area contributed by atoms with Crippen LogP contribution in [0.5, 0.6) is 0 Å². The van der Waals surface area contributed by atoms with Crippen molar-refractivity contribution < 1.29 is 9.59 Å². The molecule has 200 valence electrons. The highest BCUT2D eigenvalue weighted by molar-refractivity contribution is 6.21. The first-order valence-corrected chi connectivity index (χ1v) is 13.9. The molecule has 2 aliphatic rings. The number of nitrogens with one attached hydrogen (secondary N) is 2. The summed E-state index contributed by atoms with van der Waals surface area (Å²) in [6.07, 6.45) is 8.58. The van der Waals surface area contributed by atoms with E-state index in [1.807, 2.05) is 49.3 Å². The van der Waals surface area contributed by atoms with E-state index in [1.165, 1.54) is 4.90 Å². The number of unbranched alkanes of at least 4 members (excludes halogenated alkanes) is 3. The minimum absolute atomic E-state index is 0.150. The van der Waals surface area contributed by atoms with Crippen molar-refractivity contribution in [3.8, 4) is 0 Å². The molecule has 1 aliphatic carbocycles. The standard InChI is InChI=1S/C30H38N6O2/c1-35(2)27-25-13-7-8-14-26(25)33-30(34-27)32-22-17-15-21(16-18-22)31-19-9-3-4-10-20-36-28(37)23-11-5-6-12-24(23)29(36)38/h5-8,11-14,21-22,31H,3-4,9-10,15-20H2,1-2H3,(H,32,33,34). The summed E-state index contributed by atoms with van der Waals surface area (Å²) in [5.41, 5.74) is 2.04. The van der Waals surface area contributed by atoms with Crippen molar-refractivity contribution in [3.63, 3.8) is 0 Å². The zero-order valence-electron chi connectivity index (χ0n) is 22.4. The van der Waals surface area contributed by atoms with Crippen LogP contribution in [0.4, 0.5) is 11.8 Å².